The van der Waals surface area contributed by atoms with Crippen LogP contribution in [0.25, 0.3) is 23.1 Å². The van der Waals surface area contributed by atoms with E-state index >= 15 is 0 Å². The number of carbonyl (C=O) groups excluding carboxylic acids is 1. The number of benzene rings is 3. The quantitative estimate of drug-likeness (QED) is 0.136. The molecule has 1 aliphatic rings. The predicted octanol–water partition coefficient (Wildman–Crippen LogP) is 5.55. The minimum atomic E-state index is -0.941. The Labute approximate surface area is 253 Å². The predicted molar refractivity (Wildman–Crippen MR) is 163 cm³/mol. The van der Waals surface area contributed by atoms with Gasteiger partial charge in [-0.05, 0) is 43.7 Å². The molecule has 1 atom stereocenters. The summed E-state index contributed by atoms with van der Waals surface area (Å²) in [4.78, 5) is 43.6. The molecule has 1 aliphatic heterocycles. The number of fused-ring (bicyclic) bond motifs is 1. The molecule has 5 aromatic rings. The number of esters is 1. The van der Waals surface area contributed by atoms with Gasteiger partial charge in [0.25, 0.3) is 11.2 Å². The van der Waals surface area contributed by atoms with Gasteiger partial charge in [0, 0.05) is 28.8 Å². The van der Waals surface area contributed by atoms with Crippen LogP contribution in [0.3, 0.4) is 0 Å². The first-order chi connectivity index (χ1) is 21.2. The van der Waals surface area contributed by atoms with E-state index in [1.165, 1.54) is 34.9 Å². The summed E-state index contributed by atoms with van der Waals surface area (Å²) in [6.07, 6.45) is 1.56. The largest absolute Gasteiger partial charge is 0.463 e. The fourth-order valence-corrected chi connectivity index (χ4v) is 6.06. The van der Waals surface area contributed by atoms with Gasteiger partial charge in [0.1, 0.15) is 17.3 Å². The SMILES string of the molecule is CCOC(=O)C1=C(c2ccccc2)N=c2s/c(=C\c3ccc(-c4ccc(C)c([N+](=O)[O-])c4)o3)c(=O)n2C1c1ccc(F)cc1. The van der Waals surface area contributed by atoms with Crippen LogP contribution in [0.5, 0.6) is 0 Å². The van der Waals surface area contributed by atoms with Gasteiger partial charge in [0.05, 0.1) is 33.4 Å². The van der Waals surface area contributed by atoms with Crippen LogP contribution in [0.15, 0.2) is 105 Å². The number of aryl methyl sites for hydroxylation is 1. The van der Waals surface area contributed by atoms with Gasteiger partial charge in [-0.2, -0.15) is 0 Å². The Hall–Kier alpha value is -5.42. The number of carbonyl (C=O) groups is 1. The highest BCUT2D eigenvalue weighted by Crippen LogP contribution is 2.35. The molecule has 9 nitrogen and oxygen atoms in total. The molecular formula is C33H24FN3O6S. The van der Waals surface area contributed by atoms with Crippen molar-refractivity contribution in [1.82, 2.24) is 4.57 Å². The number of hydrogen-bond donors (Lipinski definition) is 0. The Bertz CT molecular complexity index is 2130. The first-order valence-electron chi connectivity index (χ1n) is 13.6. The normalized spacial score (nSPS) is 14.7. The third kappa shape index (κ3) is 5.29. The minimum absolute atomic E-state index is 0.0267. The van der Waals surface area contributed by atoms with Crippen LogP contribution in [-0.4, -0.2) is 22.1 Å². The van der Waals surface area contributed by atoms with Gasteiger partial charge in [-0.15, -0.1) is 0 Å². The summed E-state index contributed by atoms with van der Waals surface area (Å²) in [5.41, 5.74) is 2.26. The van der Waals surface area contributed by atoms with Crippen molar-refractivity contribution in [2.24, 2.45) is 4.99 Å². The molecule has 11 heteroatoms. The molecule has 0 N–H and O–H groups in total. The molecule has 2 aromatic heterocycles. The van der Waals surface area contributed by atoms with Gasteiger partial charge in [-0.1, -0.05) is 65.9 Å². The molecule has 1 unspecified atom stereocenters. The lowest BCUT2D eigenvalue weighted by Gasteiger charge is -2.25. The number of nitro groups is 1. The lowest BCUT2D eigenvalue weighted by molar-refractivity contribution is -0.385. The van der Waals surface area contributed by atoms with Crippen LogP contribution >= 0.6 is 11.3 Å². The van der Waals surface area contributed by atoms with E-state index in [-0.39, 0.29) is 22.4 Å². The lowest BCUT2D eigenvalue weighted by atomic mass is 9.93. The number of hydrogen-bond acceptors (Lipinski definition) is 8. The number of furan rings is 1. The van der Waals surface area contributed by atoms with Crippen LogP contribution in [0.1, 0.15) is 35.4 Å². The van der Waals surface area contributed by atoms with E-state index in [0.29, 0.717) is 44.3 Å². The Balaban J connectivity index is 1.53. The minimum Gasteiger partial charge on any atom is -0.463 e. The van der Waals surface area contributed by atoms with Crippen molar-refractivity contribution in [3.63, 3.8) is 0 Å². The third-order valence-corrected chi connectivity index (χ3v) is 8.13. The second kappa shape index (κ2) is 11.7. The van der Waals surface area contributed by atoms with Crippen LogP contribution in [0, 0.1) is 22.9 Å². The summed E-state index contributed by atoms with van der Waals surface area (Å²) in [5.74, 6) is -0.354. The zero-order valence-electron chi connectivity index (χ0n) is 23.5. The molecule has 0 radical (unpaired) electrons. The van der Waals surface area contributed by atoms with E-state index in [0.717, 1.165) is 11.3 Å². The monoisotopic (exact) mass is 609 g/mol. The summed E-state index contributed by atoms with van der Waals surface area (Å²) in [5, 5.41) is 11.4. The first kappa shape index (κ1) is 28.7. The zero-order valence-corrected chi connectivity index (χ0v) is 24.3. The molecule has 0 bridgehead atoms. The molecule has 0 aliphatic carbocycles. The zero-order chi connectivity index (χ0) is 31.0. The highest BCUT2D eigenvalue weighted by molar-refractivity contribution is 7.07. The summed E-state index contributed by atoms with van der Waals surface area (Å²) in [6.45, 7) is 3.45. The van der Waals surface area contributed by atoms with E-state index in [4.69, 9.17) is 14.1 Å². The Kier molecular flexibility index (Phi) is 7.62. The number of thiazole rings is 1. The number of nitro benzene ring substituents is 1. The molecule has 0 saturated carbocycles. The second-order valence-electron chi connectivity index (χ2n) is 9.94. The van der Waals surface area contributed by atoms with E-state index in [2.05, 4.69) is 0 Å². The summed E-state index contributed by atoms with van der Waals surface area (Å²) >= 11 is 1.12. The van der Waals surface area contributed by atoms with Gasteiger partial charge in [-0.3, -0.25) is 19.5 Å². The molecule has 0 spiro atoms. The molecular weight excluding hydrogens is 585 g/mol. The Morgan fingerprint density at radius 3 is 2.55 bits per heavy atom. The molecule has 44 heavy (non-hydrogen) atoms. The van der Waals surface area contributed by atoms with Gasteiger partial charge in [0.2, 0.25) is 0 Å². The summed E-state index contributed by atoms with van der Waals surface area (Å²) < 4.78 is 27.1. The highest BCUT2D eigenvalue weighted by Gasteiger charge is 2.35. The van der Waals surface area contributed by atoms with Gasteiger partial charge < -0.3 is 9.15 Å². The molecule has 0 amide bonds. The summed E-state index contributed by atoms with van der Waals surface area (Å²) in [7, 11) is 0. The van der Waals surface area contributed by atoms with Gasteiger partial charge in [-0.25, -0.2) is 14.2 Å². The Morgan fingerprint density at radius 1 is 1.09 bits per heavy atom. The number of halogens is 1. The topological polar surface area (TPSA) is 117 Å². The van der Waals surface area contributed by atoms with Crippen LogP contribution in [0.4, 0.5) is 10.1 Å². The average Bonchev–Trinajstić information content (AvgIpc) is 3.61. The highest BCUT2D eigenvalue weighted by atomic mass is 32.1. The molecule has 3 heterocycles. The third-order valence-electron chi connectivity index (χ3n) is 7.15. The maximum Gasteiger partial charge on any atom is 0.338 e. The van der Waals surface area contributed by atoms with Crippen molar-refractivity contribution in [3.8, 4) is 11.3 Å². The van der Waals surface area contributed by atoms with Gasteiger partial charge >= 0.3 is 5.97 Å². The van der Waals surface area contributed by atoms with Crippen molar-refractivity contribution < 1.29 is 23.3 Å². The number of aromatic nitrogens is 1. The van der Waals surface area contributed by atoms with E-state index in [1.54, 1.807) is 44.2 Å². The first-order valence-corrected chi connectivity index (χ1v) is 14.5. The van der Waals surface area contributed by atoms with Crippen molar-refractivity contribution in [3.05, 3.63) is 149 Å². The maximum atomic E-state index is 14.0. The smallest absolute Gasteiger partial charge is 0.338 e. The van der Waals surface area contributed by atoms with Crippen LogP contribution in [-0.2, 0) is 9.53 Å². The number of ether oxygens (including phenoxy) is 1. The van der Waals surface area contributed by atoms with Crippen LogP contribution in [0.2, 0.25) is 0 Å². The second-order valence-corrected chi connectivity index (χ2v) is 11.0. The van der Waals surface area contributed by atoms with Gasteiger partial charge in [0.15, 0.2) is 4.80 Å². The fourth-order valence-electron chi connectivity index (χ4n) is 5.07. The van der Waals surface area contributed by atoms with E-state index < -0.39 is 28.3 Å². The molecule has 220 valence electrons. The maximum absolute atomic E-state index is 14.0. The number of nitrogens with zero attached hydrogens (tertiary/aromatic N) is 3. The molecule has 6 rings (SSSR count). The van der Waals surface area contributed by atoms with E-state index in [1.807, 2.05) is 30.3 Å². The average molecular weight is 610 g/mol. The fraction of sp³-hybridized carbons (Fsp3) is 0.121. The number of rotatable bonds is 7. The standard InChI is InChI=1S/C33H24FN3O6S/c1-3-42-32(39)28-29(20-7-5-4-6-8-20)35-33-36(30(28)21-11-13-23(34)14-12-21)31(38)27(44-33)18-24-15-16-26(43-24)22-10-9-19(2)25(17-22)37(40)41/h4-18,30H,3H2,1-2H3/b27-18-. The van der Waals surface area contributed by atoms with Crippen molar-refractivity contribution in [2.45, 2.75) is 19.9 Å². The van der Waals surface area contributed by atoms with Crippen molar-refractivity contribution >= 4 is 34.8 Å². The van der Waals surface area contributed by atoms with Crippen LogP contribution < -0.4 is 14.9 Å². The Morgan fingerprint density at radius 2 is 1.84 bits per heavy atom. The molecule has 0 saturated heterocycles. The lowest BCUT2D eigenvalue weighted by Crippen LogP contribution is -2.40. The molecule has 0 fully saturated rings. The molecule has 3 aromatic carbocycles. The van der Waals surface area contributed by atoms with E-state index in [9.17, 15) is 24.1 Å². The van der Waals surface area contributed by atoms with Crippen molar-refractivity contribution in [2.75, 3.05) is 6.61 Å². The van der Waals surface area contributed by atoms with Crippen molar-refractivity contribution in [1.29, 1.82) is 0 Å². The summed E-state index contributed by atoms with van der Waals surface area (Å²) in [6, 6.07) is 21.9.